The van der Waals surface area contributed by atoms with E-state index in [-0.39, 0.29) is 5.91 Å². The number of hydrogen-bond acceptors (Lipinski definition) is 3. The van der Waals surface area contributed by atoms with Gasteiger partial charge in [-0.05, 0) is 42.3 Å². The average Bonchev–Trinajstić information content (AvgIpc) is 3.13. The van der Waals surface area contributed by atoms with Gasteiger partial charge in [0.05, 0.1) is 5.69 Å². The first-order chi connectivity index (χ1) is 13.2. The van der Waals surface area contributed by atoms with Gasteiger partial charge in [0.1, 0.15) is 0 Å². The molecule has 0 saturated carbocycles. The van der Waals surface area contributed by atoms with E-state index in [1.54, 1.807) is 10.9 Å². The van der Waals surface area contributed by atoms with Crippen molar-refractivity contribution in [3.8, 4) is 5.69 Å². The zero-order chi connectivity index (χ0) is 18.6. The van der Waals surface area contributed by atoms with Gasteiger partial charge in [-0.3, -0.25) is 4.79 Å². The van der Waals surface area contributed by atoms with Crippen LogP contribution in [0.2, 0.25) is 5.02 Å². The highest BCUT2D eigenvalue weighted by Crippen LogP contribution is 2.38. The zero-order valence-corrected chi connectivity index (χ0v) is 16.4. The number of carbonyl (C=O) groups excluding carboxylic acids is 1. The van der Waals surface area contributed by atoms with Crippen LogP contribution >= 0.6 is 23.4 Å². The van der Waals surface area contributed by atoms with Gasteiger partial charge in [0.25, 0.3) is 5.91 Å². The molecule has 0 spiro atoms. The fourth-order valence-corrected chi connectivity index (χ4v) is 4.94. The topological polar surface area (TPSA) is 38.1 Å². The number of aromatic nitrogens is 2. The molecule has 4 nitrogen and oxygen atoms in total. The van der Waals surface area contributed by atoms with Crippen molar-refractivity contribution in [2.75, 3.05) is 18.8 Å². The largest absolute Gasteiger partial charge is 0.338 e. The molecule has 1 aromatic heterocycles. The molecule has 6 heteroatoms. The van der Waals surface area contributed by atoms with E-state index in [2.05, 4.69) is 11.2 Å². The lowest BCUT2D eigenvalue weighted by atomic mass is 10.1. The van der Waals surface area contributed by atoms with Crippen LogP contribution in [0.3, 0.4) is 0 Å². The minimum Gasteiger partial charge on any atom is -0.338 e. The van der Waals surface area contributed by atoms with Crippen LogP contribution in [-0.4, -0.2) is 39.4 Å². The van der Waals surface area contributed by atoms with Crippen molar-refractivity contribution in [1.82, 2.24) is 14.7 Å². The van der Waals surface area contributed by atoms with Gasteiger partial charge in [-0.15, -0.1) is 0 Å². The SMILES string of the molecule is O=C(c1cccc(-n2cccn2)c1)N1CCS[C@H](c2ccccc2Cl)CC1. The third-order valence-electron chi connectivity index (χ3n) is 4.74. The third kappa shape index (κ3) is 4.04. The van der Waals surface area contributed by atoms with Crippen molar-refractivity contribution >= 4 is 29.3 Å². The van der Waals surface area contributed by atoms with Gasteiger partial charge in [-0.1, -0.05) is 35.9 Å². The Bertz CT molecular complexity index is 929. The van der Waals surface area contributed by atoms with Gasteiger partial charge in [0.15, 0.2) is 0 Å². The summed E-state index contributed by atoms with van der Waals surface area (Å²) >= 11 is 8.25. The van der Waals surface area contributed by atoms with Gasteiger partial charge in [0.2, 0.25) is 0 Å². The van der Waals surface area contributed by atoms with Crippen LogP contribution in [0.25, 0.3) is 5.69 Å². The van der Waals surface area contributed by atoms with Crippen LogP contribution in [0.4, 0.5) is 0 Å². The van der Waals surface area contributed by atoms with Crippen LogP contribution in [0, 0.1) is 0 Å². The molecular formula is C21H20ClN3OS. The van der Waals surface area contributed by atoms with Gasteiger partial charge in [0, 0.05) is 47.1 Å². The maximum absolute atomic E-state index is 13.0. The second-order valence-corrected chi connectivity index (χ2v) is 8.18. The average molecular weight is 398 g/mol. The Labute approximate surface area is 168 Å². The standard InChI is InChI=1S/C21H20ClN3OS/c22-19-8-2-1-7-18(19)20-9-12-24(13-14-27-20)21(26)16-5-3-6-17(15-16)25-11-4-10-23-25/h1-8,10-11,15,20H,9,12-14H2/t20-/m0/s1. The Balaban J connectivity index is 1.49. The van der Waals surface area contributed by atoms with Crippen LogP contribution in [0.15, 0.2) is 67.0 Å². The molecule has 0 aliphatic carbocycles. The summed E-state index contributed by atoms with van der Waals surface area (Å²) in [6, 6.07) is 17.5. The molecule has 1 amide bonds. The van der Waals surface area contributed by atoms with E-state index in [0.29, 0.717) is 10.8 Å². The Morgan fingerprint density at radius 3 is 2.81 bits per heavy atom. The lowest BCUT2D eigenvalue weighted by Gasteiger charge is -2.21. The van der Waals surface area contributed by atoms with Gasteiger partial charge in [-0.2, -0.15) is 16.9 Å². The second-order valence-electron chi connectivity index (χ2n) is 6.46. The summed E-state index contributed by atoms with van der Waals surface area (Å²) in [4.78, 5) is 15.0. The highest BCUT2D eigenvalue weighted by molar-refractivity contribution is 7.99. The maximum atomic E-state index is 13.0. The number of rotatable bonds is 3. The molecule has 1 atom stereocenters. The lowest BCUT2D eigenvalue weighted by molar-refractivity contribution is 0.0766. The zero-order valence-electron chi connectivity index (χ0n) is 14.8. The Hall–Kier alpha value is -2.24. The molecule has 0 unspecified atom stereocenters. The van der Waals surface area contributed by atoms with Crippen LogP contribution in [0.1, 0.15) is 27.6 Å². The normalized spacial score (nSPS) is 17.5. The third-order valence-corrected chi connectivity index (χ3v) is 6.40. The molecule has 3 aromatic rings. The molecule has 0 N–H and O–H groups in total. The van der Waals surface area contributed by atoms with E-state index in [4.69, 9.17) is 11.6 Å². The molecule has 2 aromatic carbocycles. The molecule has 1 aliphatic rings. The number of amides is 1. The van der Waals surface area contributed by atoms with E-state index in [0.717, 1.165) is 36.0 Å². The van der Waals surface area contributed by atoms with Gasteiger partial charge in [-0.25, -0.2) is 4.68 Å². The molecule has 1 aliphatic heterocycles. The highest BCUT2D eigenvalue weighted by atomic mass is 35.5. The Morgan fingerprint density at radius 2 is 2.00 bits per heavy atom. The molecule has 27 heavy (non-hydrogen) atoms. The lowest BCUT2D eigenvalue weighted by Crippen LogP contribution is -2.33. The molecule has 1 saturated heterocycles. The fraction of sp³-hybridized carbons (Fsp3) is 0.238. The summed E-state index contributed by atoms with van der Waals surface area (Å²) < 4.78 is 1.77. The predicted octanol–water partition coefficient (Wildman–Crippen LogP) is 4.85. The van der Waals surface area contributed by atoms with Crippen molar-refractivity contribution in [3.63, 3.8) is 0 Å². The van der Waals surface area contributed by atoms with E-state index >= 15 is 0 Å². The smallest absolute Gasteiger partial charge is 0.253 e. The number of benzene rings is 2. The first kappa shape index (κ1) is 18.1. The molecule has 4 rings (SSSR count). The number of nitrogens with zero attached hydrogens (tertiary/aromatic N) is 3. The minimum atomic E-state index is 0.0735. The molecule has 1 fully saturated rings. The van der Waals surface area contributed by atoms with Gasteiger partial charge < -0.3 is 4.90 Å². The van der Waals surface area contributed by atoms with Crippen molar-refractivity contribution in [2.24, 2.45) is 0 Å². The molecule has 2 heterocycles. The van der Waals surface area contributed by atoms with E-state index in [1.807, 2.05) is 71.4 Å². The molecule has 0 bridgehead atoms. The van der Waals surface area contributed by atoms with Crippen LogP contribution < -0.4 is 0 Å². The number of carbonyl (C=O) groups is 1. The molecule has 138 valence electrons. The summed E-state index contributed by atoms with van der Waals surface area (Å²) in [5.41, 5.74) is 2.76. The number of hydrogen-bond donors (Lipinski definition) is 0. The summed E-state index contributed by atoms with van der Waals surface area (Å²) in [7, 11) is 0. The summed E-state index contributed by atoms with van der Waals surface area (Å²) in [5, 5.41) is 5.38. The maximum Gasteiger partial charge on any atom is 0.253 e. The van der Waals surface area contributed by atoms with Crippen molar-refractivity contribution in [1.29, 1.82) is 0 Å². The number of halogens is 1. The monoisotopic (exact) mass is 397 g/mol. The first-order valence-corrected chi connectivity index (χ1v) is 10.4. The van der Waals surface area contributed by atoms with E-state index < -0.39 is 0 Å². The van der Waals surface area contributed by atoms with Crippen molar-refractivity contribution in [2.45, 2.75) is 11.7 Å². The first-order valence-electron chi connectivity index (χ1n) is 8.98. The predicted molar refractivity (Wildman–Crippen MR) is 111 cm³/mol. The summed E-state index contributed by atoms with van der Waals surface area (Å²) in [5.74, 6) is 0.977. The second kappa shape index (κ2) is 8.19. The van der Waals surface area contributed by atoms with Crippen LogP contribution in [0.5, 0.6) is 0 Å². The quantitative estimate of drug-likeness (QED) is 0.634. The fourth-order valence-electron chi connectivity index (χ4n) is 3.34. The van der Waals surface area contributed by atoms with E-state index in [1.165, 1.54) is 5.56 Å². The minimum absolute atomic E-state index is 0.0735. The Kier molecular flexibility index (Phi) is 5.50. The van der Waals surface area contributed by atoms with Crippen molar-refractivity contribution in [3.05, 3.63) is 83.1 Å². The molecule has 0 radical (unpaired) electrons. The highest BCUT2D eigenvalue weighted by Gasteiger charge is 2.24. The van der Waals surface area contributed by atoms with Gasteiger partial charge >= 0.3 is 0 Å². The molecular weight excluding hydrogens is 378 g/mol. The number of thioether (sulfide) groups is 1. The van der Waals surface area contributed by atoms with E-state index in [9.17, 15) is 4.79 Å². The van der Waals surface area contributed by atoms with Crippen molar-refractivity contribution < 1.29 is 4.79 Å². The van der Waals surface area contributed by atoms with Crippen LogP contribution in [-0.2, 0) is 0 Å². The summed E-state index contributed by atoms with van der Waals surface area (Å²) in [6.07, 6.45) is 4.51. The summed E-state index contributed by atoms with van der Waals surface area (Å²) in [6.45, 7) is 1.48. The Morgan fingerprint density at radius 1 is 1.11 bits per heavy atom.